The molecule has 1 amide bonds. The Bertz CT molecular complexity index is 681. The van der Waals surface area contributed by atoms with Crippen LogP contribution >= 0.6 is 0 Å². The Morgan fingerprint density at radius 1 is 1.24 bits per heavy atom. The van der Waals surface area contributed by atoms with Gasteiger partial charge in [0.15, 0.2) is 0 Å². The van der Waals surface area contributed by atoms with E-state index in [-0.39, 0.29) is 22.0 Å². The average Bonchev–Trinajstić information content (AvgIpc) is 2.93. The topological polar surface area (TPSA) is 75.6 Å². The Labute approximate surface area is 174 Å². The molecule has 1 saturated heterocycles. The fourth-order valence-corrected chi connectivity index (χ4v) is 5.32. The predicted octanol–water partition coefficient (Wildman–Crippen LogP) is 3.90. The molecule has 0 spiro atoms. The number of quaternary nitrogens is 1. The summed E-state index contributed by atoms with van der Waals surface area (Å²) in [7, 11) is 1.68. The molecule has 1 aromatic rings. The summed E-state index contributed by atoms with van der Waals surface area (Å²) < 4.78 is 5.68. The molecule has 162 valence electrons. The summed E-state index contributed by atoms with van der Waals surface area (Å²) in [5, 5.41) is 10.2. The first-order valence-electron chi connectivity index (χ1n) is 10.8. The first-order chi connectivity index (χ1) is 13.8. The van der Waals surface area contributed by atoms with E-state index in [2.05, 4.69) is 19.3 Å². The van der Waals surface area contributed by atoms with Crippen molar-refractivity contribution in [1.29, 1.82) is 0 Å². The van der Waals surface area contributed by atoms with Crippen LogP contribution in [0.2, 0.25) is 0 Å². The maximum atomic E-state index is 12.5. The van der Waals surface area contributed by atoms with Crippen LogP contribution in [0.4, 0.5) is 0 Å². The lowest BCUT2D eigenvalue weighted by Gasteiger charge is -2.45. The zero-order valence-electron chi connectivity index (χ0n) is 18.3. The SMILES string of the molecule is CCCCC[C@@H]1[C@](CC)(COC)C[C@H](C(=O)O)[N+]1(Cc1ccccc1)NC(C)=O. The molecule has 2 N–H and O–H groups in total. The highest BCUT2D eigenvalue weighted by molar-refractivity contribution is 5.74. The van der Waals surface area contributed by atoms with Crippen molar-refractivity contribution in [3.05, 3.63) is 35.9 Å². The molecule has 6 nitrogen and oxygen atoms in total. The summed E-state index contributed by atoms with van der Waals surface area (Å²) >= 11 is 0. The molecule has 0 saturated carbocycles. The maximum Gasteiger partial charge on any atom is 0.364 e. The highest BCUT2D eigenvalue weighted by Gasteiger charge is 2.65. The van der Waals surface area contributed by atoms with Crippen LogP contribution in [-0.2, 0) is 20.9 Å². The summed E-state index contributed by atoms with van der Waals surface area (Å²) in [6.45, 7) is 6.71. The molecular weight excluding hydrogens is 368 g/mol. The van der Waals surface area contributed by atoms with Crippen molar-refractivity contribution < 1.29 is 24.0 Å². The van der Waals surface area contributed by atoms with Gasteiger partial charge in [0, 0.05) is 32.4 Å². The van der Waals surface area contributed by atoms with Gasteiger partial charge in [0.1, 0.15) is 12.6 Å². The number of carbonyl (C=O) groups is 2. The molecule has 6 heteroatoms. The molecule has 0 bridgehead atoms. The number of rotatable bonds is 11. The Morgan fingerprint density at radius 2 is 1.93 bits per heavy atom. The van der Waals surface area contributed by atoms with Crippen LogP contribution in [0.5, 0.6) is 0 Å². The van der Waals surface area contributed by atoms with Crippen molar-refractivity contribution >= 4 is 11.9 Å². The van der Waals surface area contributed by atoms with E-state index >= 15 is 0 Å². The van der Waals surface area contributed by atoms with Crippen LogP contribution in [0.3, 0.4) is 0 Å². The third-order valence-electron chi connectivity index (χ3n) is 6.57. The van der Waals surface area contributed by atoms with Crippen LogP contribution in [0.25, 0.3) is 0 Å². The third-order valence-corrected chi connectivity index (χ3v) is 6.57. The molecule has 0 radical (unpaired) electrons. The lowest BCUT2D eigenvalue weighted by atomic mass is 9.75. The molecule has 1 aliphatic rings. The number of hydrogen-bond donors (Lipinski definition) is 2. The third kappa shape index (κ3) is 4.98. The van der Waals surface area contributed by atoms with Gasteiger partial charge in [-0.25, -0.2) is 14.8 Å². The minimum absolute atomic E-state index is 0.0239. The van der Waals surface area contributed by atoms with Crippen LogP contribution in [0.1, 0.15) is 64.9 Å². The second-order valence-electron chi connectivity index (χ2n) is 8.46. The molecule has 4 atom stereocenters. The second-order valence-corrected chi connectivity index (χ2v) is 8.46. The molecule has 29 heavy (non-hydrogen) atoms. The highest BCUT2D eigenvalue weighted by atomic mass is 16.5. The van der Waals surface area contributed by atoms with Gasteiger partial charge in [-0.2, -0.15) is 0 Å². The van der Waals surface area contributed by atoms with Crippen LogP contribution in [-0.4, -0.2) is 47.4 Å². The summed E-state index contributed by atoms with van der Waals surface area (Å²) in [5.74, 6) is -1.06. The molecule has 0 aliphatic carbocycles. The van der Waals surface area contributed by atoms with Crippen LogP contribution < -0.4 is 5.43 Å². The van der Waals surface area contributed by atoms with E-state index in [0.29, 0.717) is 19.6 Å². The van der Waals surface area contributed by atoms with Crippen molar-refractivity contribution in [2.45, 2.75) is 77.9 Å². The number of ether oxygens (including phenoxy) is 1. The number of benzene rings is 1. The number of carbonyl (C=O) groups excluding carboxylic acids is 1. The Morgan fingerprint density at radius 3 is 2.45 bits per heavy atom. The van der Waals surface area contributed by atoms with Crippen LogP contribution in [0.15, 0.2) is 30.3 Å². The van der Waals surface area contributed by atoms with Gasteiger partial charge in [-0.1, -0.05) is 57.0 Å². The van der Waals surface area contributed by atoms with Crippen molar-refractivity contribution in [3.8, 4) is 0 Å². The van der Waals surface area contributed by atoms with E-state index in [4.69, 9.17) is 4.74 Å². The number of likely N-dealkylation sites (tertiary alicyclic amines) is 1. The molecule has 0 aromatic heterocycles. The molecular formula is C23H37N2O4+. The van der Waals surface area contributed by atoms with E-state index in [1.807, 2.05) is 30.3 Å². The van der Waals surface area contributed by atoms with E-state index < -0.39 is 12.0 Å². The van der Waals surface area contributed by atoms with Crippen molar-refractivity contribution in [2.24, 2.45) is 5.41 Å². The van der Waals surface area contributed by atoms with Gasteiger partial charge in [-0.3, -0.25) is 4.79 Å². The van der Waals surface area contributed by atoms with Gasteiger partial charge < -0.3 is 9.84 Å². The van der Waals surface area contributed by atoms with E-state index in [1.165, 1.54) is 6.92 Å². The average molecular weight is 406 g/mol. The number of nitrogens with zero attached hydrogens (tertiary/aromatic N) is 1. The second kappa shape index (κ2) is 10.2. The maximum absolute atomic E-state index is 12.5. The normalized spacial score (nSPS) is 29.0. The monoisotopic (exact) mass is 405 g/mol. The first kappa shape index (κ1) is 23.4. The lowest BCUT2D eigenvalue weighted by Crippen LogP contribution is -2.68. The van der Waals surface area contributed by atoms with Crippen molar-refractivity contribution in [3.63, 3.8) is 0 Å². The number of methoxy groups -OCH3 is 1. The molecule has 1 aromatic carbocycles. The number of amides is 1. The van der Waals surface area contributed by atoms with Crippen molar-refractivity contribution in [2.75, 3.05) is 13.7 Å². The van der Waals surface area contributed by atoms with Crippen molar-refractivity contribution in [1.82, 2.24) is 5.43 Å². The van der Waals surface area contributed by atoms with E-state index in [0.717, 1.165) is 37.7 Å². The number of unbranched alkanes of at least 4 members (excludes halogenated alkanes) is 2. The minimum Gasteiger partial charge on any atom is -0.477 e. The summed E-state index contributed by atoms with van der Waals surface area (Å²) in [4.78, 5) is 24.8. The molecule has 1 unspecified atom stereocenters. The van der Waals surface area contributed by atoms with Crippen LogP contribution in [0, 0.1) is 5.41 Å². The number of carboxylic acid groups (broad SMARTS) is 1. The Kier molecular flexibility index (Phi) is 8.23. The highest BCUT2D eigenvalue weighted by Crippen LogP contribution is 2.50. The largest absolute Gasteiger partial charge is 0.477 e. The quantitative estimate of drug-likeness (QED) is 0.432. The fraction of sp³-hybridized carbons (Fsp3) is 0.652. The fourth-order valence-electron chi connectivity index (χ4n) is 5.32. The molecule has 1 fully saturated rings. The number of carboxylic acids is 1. The Hall–Kier alpha value is -1.92. The predicted molar refractivity (Wildman–Crippen MR) is 113 cm³/mol. The van der Waals surface area contributed by atoms with E-state index in [1.54, 1.807) is 7.11 Å². The first-order valence-corrected chi connectivity index (χ1v) is 10.8. The molecule has 1 heterocycles. The molecule has 1 aliphatic heterocycles. The minimum atomic E-state index is -0.860. The number of aliphatic carboxylic acids is 1. The van der Waals surface area contributed by atoms with Gasteiger partial charge in [0.25, 0.3) is 5.91 Å². The number of hydrogen-bond acceptors (Lipinski definition) is 3. The van der Waals surface area contributed by atoms with Gasteiger partial charge in [0.05, 0.1) is 12.0 Å². The standard InChI is InChI=1S/C23H36N2O4/c1-5-7-9-14-21-23(6-2,17-29-4)15-20(22(27)28)25(21,24-18(3)26)16-19-12-10-8-11-13-19/h8,10-13,20-21H,5-7,9,14-17H2,1-4H3,(H-,24,26,27,28)/p+1/t20-,21-,23+,25?/m1/s1. The Balaban J connectivity index is 2.61. The summed E-state index contributed by atoms with van der Waals surface area (Å²) in [6.07, 6.45) is 5.37. The van der Waals surface area contributed by atoms with Gasteiger partial charge >= 0.3 is 5.97 Å². The smallest absolute Gasteiger partial charge is 0.364 e. The summed E-state index contributed by atoms with van der Waals surface area (Å²) in [6, 6.07) is 9.15. The zero-order chi connectivity index (χ0) is 21.5. The molecule has 2 rings (SSSR count). The van der Waals surface area contributed by atoms with Gasteiger partial charge in [-0.05, 0) is 12.8 Å². The number of nitrogens with one attached hydrogen (secondary N) is 1. The van der Waals surface area contributed by atoms with Gasteiger partial charge in [0.2, 0.25) is 6.04 Å². The zero-order valence-corrected chi connectivity index (χ0v) is 18.3. The van der Waals surface area contributed by atoms with E-state index in [9.17, 15) is 14.7 Å². The summed E-state index contributed by atoms with van der Waals surface area (Å²) in [5.41, 5.74) is 3.86. The lowest BCUT2D eigenvalue weighted by molar-refractivity contribution is -1.00. The van der Waals surface area contributed by atoms with Gasteiger partial charge in [-0.15, -0.1) is 0 Å².